The number of carbonyl (C=O) groups excluding carboxylic acids is 4. The average Bonchev–Trinajstić information content (AvgIpc) is 2.99. The van der Waals surface area contributed by atoms with E-state index in [1.165, 1.54) is 6.92 Å². The summed E-state index contributed by atoms with van der Waals surface area (Å²) in [7, 11) is 0. The van der Waals surface area contributed by atoms with Crippen LogP contribution in [-0.4, -0.2) is 45.4 Å². The van der Waals surface area contributed by atoms with Gasteiger partial charge >= 0.3 is 5.97 Å². The number of allylic oxidation sites excluding steroid dienone is 1. The second-order valence-corrected chi connectivity index (χ2v) is 13.7. The van der Waals surface area contributed by atoms with E-state index in [1.54, 1.807) is 0 Å². The Morgan fingerprint density at radius 2 is 1.62 bits per heavy atom. The van der Waals surface area contributed by atoms with E-state index in [4.69, 9.17) is 0 Å². The molecule has 0 aromatic heterocycles. The Labute approximate surface area is 219 Å². The molecule has 8 atom stereocenters. The molecule has 0 aromatic rings. The number of aliphatic hydroxyl groups is 1. The van der Waals surface area contributed by atoms with Crippen molar-refractivity contribution in [1.82, 2.24) is 0 Å². The normalized spacial score (nSPS) is 40.5. The van der Waals surface area contributed by atoms with E-state index in [0.29, 0.717) is 30.4 Å². The van der Waals surface area contributed by atoms with Crippen LogP contribution in [0.3, 0.4) is 0 Å². The van der Waals surface area contributed by atoms with E-state index in [9.17, 15) is 34.2 Å². The van der Waals surface area contributed by atoms with Gasteiger partial charge in [0.25, 0.3) is 0 Å². The summed E-state index contributed by atoms with van der Waals surface area (Å²) in [5.74, 6) is -2.49. The quantitative estimate of drug-likeness (QED) is 0.540. The molecule has 2 N–H and O–H groups in total. The summed E-state index contributed by atoms with van der Waals surface area (Å²) in [5, 5.41) is 20.7. The maximum atomic E-state index is 14.0. The number of rotatable bonds is 6. The van der Waals surface area contributed by atoms with Gasteiger partial charge in [0.15, 0.2) is 5.78 Å². The first kappa shape index (κ1) is 27.9. The van der Waals surface area contributed by atoms with Crippen LogP contribution in [-0.2, 0) is 24.0 Å². The molecule has 0 saturated heterocycles. The minimum absolute atomic E-state index is 0.00884. The third-order valence-corrected chi connectivity index (χ3v) is 11.3. The number of Topliss-reactive ketones (excluding diaryl/α,β-unsaturated/α-hetero) is 4. The molecule has 0 aliphatic heterocycles. The van der Waals surface area contributed by atoms with Crippen molar-refractivity contribution in [2.45, 2.75) is 99.5 Å². The van der Waals surface area contributed by atoms with Crippen molar-refractivity contribution < 1.29 is 34.2 Å². The maximum absolute atomic E-state index is 14.0. The summed E-state index contributed by atoms with van der Waals surface area (Å²) < 4.78 is 0. The van der Waals surface area contributed by atoms with E-state index < -0.39 is 39.7 Å². The lowest BCUT2D eigenvalue weighted by atomic mass is 9.42. The lowest BCUT2D eigenvalue weighted by Gasteiger charge is -2.60. The Bertz CT molecular complexity index is 1110. The van der Waals surface area contributed by atoms with E-state index >= 15 is 0 Å². The van der Waals surface area contributed by atoms with Crippen molar-refractivity contribution in [1.29, 1.82) is 0 Å². The molecular weight excluding hydrogens is 472 g/mol. The van der Waals surface area contributed by atoms with Crippen LogP contribution in [0.25, 0.3) is 0 Å². The molecule has 0 spiro atoms. The van der Waals surface area contributed by atoms with Gasteiger partial charge in [0.2, 0.25) is 0 Å². The zero-order valence-electron chi connectivity index (χ0n) is 23.3. The van der Waals surface area contributed by atoms with Crippen LogP contribution in [0.1, 0.15) is 93.4 Å². The van der Waals surface area contributed by atoms with Crippen LogP contribution in [0.5, 0.6) is 0 Å². The van der Waals surface area contributed by atoms with Crippen LogP contribution in [0, 0.1) is 45.3 Å². The molecule has 0 amide bonds. The van der Waals surface area contributed by atoms with Gasteiger partial charge in [-0.25, -0.2) is 0 Å². The van der Waals surface area contributed by atoms with Gasteiger partial charge < -0.3 is 10.2 Å². The Hall–Kier alpha value is -2.15. The topological polar surface area (TPSA) is 126 Å². The monoisotopic (exact) mass is 514 g/mol. The van der Waals surface area contributed by atoms with Crippen molar-refractivity contribution in [2.24, 2.45) is 45.3 Å². The molecule has 0 aromatic carbocycles. The molecule has 0 unspecified atom stereocenters. The highest BCUT2D eigenvalue weighted by Crippen LogP contribution is 2.70. The van der Waals surface area contributed by atoms with Gasteiger partial charge in [0.1, 0.15) is 17.3 Å². The molecule has 4 aliphatic carbocycles. The van der Waals surface area contributed by atoms with Crippen LogP contribution < -0.4 is 0 Å². The summed E-state index contributed by atoms with van der Waals surface area (Å²) in [6.07, 6.45) is 0.736. The number of ketones is 4. The second-order valence-electron chi connectivity index (χ2n) is 13.7. The molecule has 0 bridgehead atoms. The van der Waals surface area contributed by atoms with Crippen molar-refractivity contribution >= 4 is 29.1 Å². The number of carboxylic acids is 1. The smallest absolute Gasteiger partial charge is 0.306 e. The number of carboxylic acid groups (broad SMARTS) is 1. The Balaban J connectivity index is 1.75. The second kappa shape index (κ2) is 8.69. The molecule has 37 heavy (non-hydrogen) atoms. The Kier molecular flexibility index (Phi) is 6.54. The van der Waals surface area contributed by atoms with Crippen LogP contribution in [0.15, 0.2) is 11.1 Å². The van der Waals surface area contributed by atoms with Gasteiger partial charge in [0, 0.05) is 48.5 Å². The summed E-state index contributed by atoms with van der Waals surface area (Å²) in [5.41, 5.74) is -1.92. The maximum Gasteiger partial charge on any atom is 0.306 e. The molecule has 0 heterocycles. The lowest BCUT2D eigenvalue weighted by molar-refractivity contribution is -0.147. The predicted octanol–water partition coefficient (Wildman–Crippen LogP) is 4.34. The fraction of sp³-hybridized carbons (Fsp3) is 0.767. The standard InChI is InChI=1S/C30H42O7/c1-15(10-17(31)11-16(2)26(36)37)18-12-23(35)30(7)25-19(32)13-21-27(3,4)22(34)8-9-28(21,5)24(25)20(33)14-29(18,30)6/h15-16,18-19,21,32H,8-14H2,1-7H3,(H,36,37)/t15-,16-,18-,19+,21+,28+,29-,30+/m1/s1. The van der Waals surface area contributed by atoms with Crippen molar-refractivity contribution in [2.75, 3.05) is 0 Å². The van der Waals surface area contributed by atoms with E-state index in [1.807, 2.05) is 41.5 Å². The van der Waals surface area contributed by atoms with Crippen molar-refractivity contribution in [3.8, 4) is 0 Å². The highest BCUT2D eigenvalue weighted by Gasteiger charge is 2.70. The first-order chi connectivity index (χ1) is 16.9. The van der Waals surface area contributed by atoms with Gasteiger partial charge in [-0.15, -0.1) is 0 Å². The lowest BCUT2D eigenvalue weighted by Crippen LogP contribution is -2.60. The van der Waals surface area contributed by atoms with Crippen LogP contribution in [0.4, 0.5) is 0 Å². The van der Waals surface area contributed by atoms with Gasteiger partial charge in [-0.2, -0.15) is 0 Å². The third-order valence-electron chi connectivity index (χ3n) is 11.3. The number of aliphatic carboxylic acids is 1. The van der Waals surface area contributed by atoms with Crippen LogP contribution in [0.2, 0.25) is 0 Å². The van der Waals surface area contributed by atoms with Gasteiger partial charge in [-0.1, -0.05) is 41.5 Å². The average molecular weight is 515 g/mol. The minimum atomic E-state index is -1.04. The van der Waals surface area contributed by atoms with Gasteiger partial charge in [0.05, 0.1) is 17.4 Å². The largest absolute Gasteiger partial charge is 0.481 e. The molecule has 204 valence electrons. The SMILES string of the molecule is C[C@H](CC(=O)C[C@@H](C)[C@H]1CC(=O)[C@@]2(C)C3=C(C(=O)C[C@]12C)[C@@]1(C)CCC(=O)C(C)(C)[C@@H]1C[C@@H]3O)C(=O)O. The first-order valence-corrected chi connectivity index (χ1v) is 13.7. The highest BCUT2D eigenvalue weighted by molar-refractivity contribution is 6.05. The van der Waals surface area contributed by atoms with Gasteiger partial charge in [-0.3, -0.25) is 24.0 Å². The molecule has 4 aliphatic rings. The summed E-state index contributed by atoms with van der Waals surface area (Å²) in [4.78, 5) is 64.6. The predicted molar refractivity (Wildman–Crippen MR) is 136 cm³/mol. The van der Waals surface area contributed by atoms with Gasteiger partial charge in [-0.05, 0) is 48.5 Å². The molecule has 4 rings (SSSR count). The fourth-order valence-electron chi connectivity index (χ4n) is 8.93. The van der Waals surface area contributed by atoms with E-state index in [-0.39, 0.29) is 66.6 Å². The highest BCUT2D eigenvalue weighted by atomic mass is 16.4. The van der Waals surface area contributed by atoms with Crippen LogP contribution >= 0.6 is 0 Å². The molecule has 7 heteroatoms. The Morgan fingerprint density at radius 1 is 1.00 bits per heavy atom. The number of fused-ring (bicyclic) bond motifs is 4. The number of hydrogen-bond acceptors (Lipinski definition) is 6. The zero-order chi connectivity index (χ0) is 27.9. The summed E-state index contributed by atoms with van der Waals surface area (Å²) in [6, 6.07) is 0. The zero-order valence-corrected chi connectivity index (χ0v) is 23.3. The number of aliphatic hydroxyl groups excluding tert-OH is 1. The molecule has 2 saturated carbocycles. The Morgan fingerprint density at radius 3 is 2.22 bits per heavy atom. The summed E-state index contributed by atoms with van der Waals surface area (Å²) >= 11 is 0. The first-order valence-electron chi connectivity index (χ1n) is 13.7. The van der Waals surface area contributed by atoms with E-state index in [2.05, 4.69) is 0 Å². The van der Waals surface area contributed by atoms with Crippen molar-refractivity contribution in [3.05, 3.63) is 11.1 Å². The van der Waals surface area contributed by atoms with Crippen molar-refractivity contribution in [3.63, 3.8) is 0 Å². The molecule has 2 fully saturated rings. The third kappa shape index (κ3) is 3.74. The molecule has 0 radical (unpaired) electrons. The minimum Gasteiger partial charge on any atom is -0.481 e. The van der Waals surface area contributed by atoms with E-state index in [0.717, 1.165) is 0 Å². The molecular formula is C30H42O7. The number of carbonyl (C=O) groups is 5. The fourth-order valence-corrected chi connectivity index (χ4v) is 8.93. The molecule has 7 nitrogen and oxygen atoms in total. The summed E-state index contributed by atoms with van der Waals surface area (Å²) in [6.45, 7) is 13.1. The number of hydrogen-bond donors (Lipinski definition) is 2.